The van der Waals surface area contributed by atoms with Gasteiger partial charge in [-0.25, -0.2) is 4.39 Å². The van der Waals surface area contributed by atoms with E-state index < -0.39 is 0 Å². The molecular formula is C12H9BrFIS. The van der Waals surface area contributed by atoms with E-state index in [1.807, 2.05) is 6.07 Å². The summed E-state index contributed by atoms with van der Waals surface area (Å²) in [7, 11) is 0. The Balaban J connectivity index is 2.37. The van der Waals surface area contributed by atoms with E-state index in [-0.39, 0.29) is 10.6 Å². The highest BCUT2D eigenvalue weighted by Crippen LogP contribution is 2.37. The standard InChI is InChI=1S/C12H9BrFIS/c1-7-2-5-11(16-7)12(13)9-4-3-8(14)6-10(9)15/h2-6,12H,1H3. The van der Waals surface area contributed by atoms with Gasteiger partial charge in [0.05, 0.1) is 4.83 Å². The van der Waals surface area contributed by atoms with Crippen molar-refractivity contribution in [2.75, 3.05) is 0 Å². The van der Waals surface area contributed by atoms with Gasteiger partial charge in [0.1, 0.15) is 5.82 Å². The minimum absolute atomic E-state index is 0.152. The minimum Gasteiger partial charge on any atom is -0.207 e. The molecule has 1 aromatic heterocycles. The van der Waals surface area contributed by atoms with E-state index in [0.717, 1.165) is 9.13 Å². The summed E-state index contributed by atoms with van der Waals surface area (Å²) in [6.45, 7) is 2.09. The molecule has 84 valence electrons. The lowest BCUT2D eigenvalue weighted by molar-refractivity contribution is 0.626. The summed E-state index contributed by atoms with van der Waals surface area (Å²) in [6, 6.07) is 9.12. The van der Waals surface area contributed by atoms with Gasteiger partial charge in [0.15, 0.2) is 0 Å². The summed E-state index contributed by atoms with van der Waals surface area (Å²) in [4.78, 5) is 2.69. The van der Waals surface area contributed by atoms with E-state index >= 15 is 0 Å². The molecule has 1 atom stereocenters. The fourth-order valence-electron chi connectivity index (χ4n) is 1.45. The van der Waals surface area contributed by atoms with E-state index in [4.69, 9.17) is 0 Å². The Bertz CT molecular complexity index is 509. The molecule has 1 heterocycles. The van der Waals surface area contributed by atoms with Crippen molar-refractivity contribution in [2.45, 2.75) is 11.8 Å². The van der Waals surface area contributed by atoms with Gasteiger partial charge in [-0.1, -0.05) is 22.0 Å². The van der Waals surface area contributed by atoms with Crippen molar-refractivity contribution in [3.05, 3.63) is 55.0 Å². The van der Waals surface area contributed by atoms with Gasteiger partial charge in [-0.2, -0.15) is 0 Å². The Morgan fingerprint density at radius 1 is 1.31 bits per heavy atom. The first kappa shape index (κ1) is 12.5. The van der Waals surface area contributed by atoms with Crippen LogP contribution >= 0.6 is 49.9 Å². The lowest BCUT2D eigenvalue weighted by Gasteiger charge is -2.10. The van der Waals surface area contributed by atoms with Crippen LogP contribution in [-0.2, 0) is 0 Å². The van der Waals surface area contributed by atoms with Crippen LogP contribution in [0.1, 0.15) is 20.1 Å². The Morgan fingerprint density at radius 2 is 2.06 bits per heavy atom. The molecule has 2 rings (SSSR count). The second-order valence-corrected chi connectivity index (χ2v) is 6.87. The molecule has 0 fully saturated rings. The zero-order valence-electron chi connectivity index (χ0n) is 8.51. The number of thiophene rings is 1. The zero-order chi connectivity index (χ0) is 11.7. The van der Waals surface area contributed by atoms with Gasteiger partial charge in [0.25, 0.3) is 0 Å². The lowest BCUT2D eigenvalue weighted by Crippen LogP contribution is -1.94. The van der Waals surface area contributed by atoms with Gasteiger partial charge in [0.2, 0.25) is 0 Å². The van der Waals surface area contributed by atoms with Crippen LogP contribution in [0.25, 0.3) is 0 Å². The molecule has 0 nitrogen and oxygen atoms in total. The number of hydrogen-bond acceptors (Lipinski definition) is 1. The first-order chi connectivity index (χ1) is 7.58. The minimum atomic E-state index is -0.185. The molecule has 16 heavy (non-hydrogen) atoms. The molecule has 0 radical (unpaired) electrons. The fraction of sp³-hybridized carbons (Fsp3) is 0.167. The third kappa shape index (κ3) is 2.65. The summed E-state index contributed by atoms with van der Waals surface area (Å²) in [5, 5.41) is 0. The largest absolute Gasteiger partial charge is 0.207 e. The highest BCUT2D eigenvalue weighted by molar-refractivity contribution is 14.1. The highest BCUT2D eigenvalue weighted by Gasteiger charge is 2.15. The zero-order valence-corrected chi connectivity index (χ0v) is 13.1. The average molecular weight is 411 g/mol. The molecule has 2 aromatic rings. The van der Waals surface area contributed by atoms with Crippen molar-refractivity contribution in [1.29, 1.82) is 0 Å². The lowest BCUT2D eigenvalue weighted by atomic mass is 10.1. The number of aryl methyl sites for hydroxylation is 1. The topological polar surface area (TPSA) is 0 Å². The van der Waals surface area contributed by atoms with E-state index in [9.17, 15) is 4.39 Å². The van der Waals surface area contributed by atoms with Gasteiger partial charge in [-0.3, -0.25) is 0 Å². The van der Waals surface area contributed by atoms with Gasteiger partial charge in [-0.15, -0.1) is 11.3 Å². The van der Waals surface area contributed by atoms with Gasteiger partial charge < -0.3 is 0 Å². The summed E-state index contributed by atoms with van der Waals surface area (Å²) in [5.41, 5.74) is 1.11. The quantitative estimate of drug-likeness (QED) is 0.466. The van der Waals surface area contributed by atoms with Gasteiger partial charge >= 0.3 is 0 Å². The second kappa shape index (κ2) is 5.14. The molecule has 0 spiro atoms. The second-order valence-electron chi connectivity index (χ2n) is 3.48. The maximum Gasteiger partial charge on any atom is 0.124 e. The van der Waals surface area contributed by atoms with Crippen LogP contribution in [0.3, 0.4) is 0 Å². The Morgan fingerprint density at radius 3 is 2.62 bits per heavy atom. The van der Waals surface area contributed by atoms with Crippen molar-refractivity contribution in [3.8, 4) is 0 Å². The van der Waals surface area contributed by atoms with Crippen molar-refractivity contribution in [3.63, 3.8) is 0 Å². The molecule has 0 bridgehead atoms. The Labute approximate surface area is 120 Å². The van der Waals surface area contributed by atoms with E-state index in [2.05, 4.69) is 57.6 Å². The number of rotatable bonds is 2. The normalized spacial score (nSPS) is 12.8. The summed E-state index contributed by atoms with van der Waals surface area (Å²) in [5.74, 6) is -0.185. The maximum absolute atomic E-state index is 13.0. The van der Waals surface area contributed by atoms with Crippen LogP contribution < -0.4 is 0 Å². The van der Waals surface area contributed by atoms with Crippen LogP contribution in [0.4, 0.5) is 4.39 Å². The predicted molar refractivity (Wildman–Crippen MR) is 78.9 cm³/mol. The van der Waals surface area contributed by atoms with Crippen molar-refractivity contribution >= 4 is 49.9 Å². The van der Waals surface area contributed by atoms with Crippen LogP contribution in [0, 0.1) is 16.3 Å². The maximum atomic E-state index is 13.0. The van der Waals surface area contributed by atoms with E-state index in [1.54, 1.807) is 17.4 Å². The molecule has 0 saturated carbocycles. The molecule has 0 aliphatic rings. The summed E-state index contributed by atoms with van der Waals surface area (Å²) < 4.78 is 13.9. The molecule has 0 saturated heterocycles. The monoisotopic (exact) mass is 410 g/mol. The first-order valence-electron chi connectivity index (χ1n) is 4.73. The smallest absolute Gasteiger partial charge is 0.124 e. The first-order valence-corrected chi connectivity index (χ1v) is 7.54. The number of benzene rings is 1. The molecule has 0 aliphatic heterocycles. The molecule has 1 aromatic carbocycles. The van der Waals surface area contributed by atoms with E-state index in [1.165, 1.54) is 15.8 Å². The van der Waals surface area contributed by atoms with Crippen LogP contribution in [0.2, 0.25) is 0 Å². The average Bonchev–Trinajstić information content (AvgIpc) is 2.64. The SMILES string of the molecule is Cc1ccc(C(Br)c2ccc(F)cc2I)s1. The van der Waals surface area contributed by atoms with Crippen LogP contribution in [0.15, 0.2) is 30.3 Å². The third-order valence-electron chi connectivity index (χ3n) is 2.25. The Kier molecular flexibility index (Phi) is 4.02. The van der Waals surface area contributed by atoms with Crippen LogP contribution in [-0.4, -0.2) is 0 Å². The number of alkyl halides is 1. The fourth-order valence-corrected chi connectivity index (χ4v) is 4.37. The Hall–Kier alpha value is 0.0600. The highest BCUT2D eigenvalue weighted by atomic mass is 127. The van der Waals surface area contributed by atoms with E-state index in [0.29, 0.717) is 0 Å². The van der Waals surface area contributed by atoms with Crippen molar-refractivity contribution in [1.82, 2.24) is 0 Å². The molecule has 0 amide bonds. The van der Waals surface area contributed by atoms with Crippen molar-refractivity contribution < 1.29 is 4.39 Å². The van der Waals surface area contributed by atoms with Gasteiger partial charge in [-0.05, 0) is 59.3 Å². The summed E-state index contributed by atoms with van der Waals surface area (Å²) in [6.07, 6.45) is 0. The van der Waals surface area contributed by atoms with Gasteiger partial charge in [0, 0.05) is 13.3 Å². The molecule has 1 unspecified atom stereocenters. The molecular weight excluding hydrogens is 402 g/mol. The molecule has 0 aliphatic carbocycles. The third-order valence-corrected chi connectivity index (χ3v) is 5.54. The predicted octanol–water partition coefficient (Wildman–Crippen LogP) is 5.28. The molecule has 0 N–H and O–H groups in total. The van der Waals surface area contributed by atoms with Crippen molar-refractivity contribution in [2.24, 2.45) is 0 Å². The number of halogens is 3. The van der Waals surface area contributed by atoms with Crippen LogP contribution in [0.5, 0.6) is 0 Å². The summed E-state index contributed by atoms with van der Waals surface area (Å²) >= 11 is 7.60. The number of hydrogen-bond donors (Lipinski definition) is 0. The molecule has 4 heteroatoms.